The molecular formula is C17H24N2O2S. The van der Waals surface area contributed by atoms with Crippen LogP contribution in [0, 0.1) is 0 Å². The van der Waals surface area contributed by atoms with Crippen molar-refractivity contribution in [1.82, 2.24) is 9.88 Å². The van der Waals surface area contributed by atoms with E-state index < -0.39 is 5.60 Å². The second-order valence-electron chi connectivity index (χ2n) is 5.95. The summed E-state index contributed by atoms with van der Waals surface area (Å²) in [5.41, 5.74) is 0.341. The third-order valence-electron chi connectivity index (χ3n) is 3.15. The number of aliphatic hydroxyl groups is 1. The Morgan fingerprint density at radius 2 is 2.00 bits per heavy atom. The maximum absolute atomic E-state index is 9.93. The molecule has 0 fully saturated rings. The fourth-order valence-electron chi connectivity index (χ4n) is 2.21. The van der Waals surface area contributed by atoms with Crippen LogP contribution < -0.4 is 4.74 Å². The smallest absolute Gasteiger partial charge is 0.140 e. The molecule has 0 atom stereocenters. The number of para-hydroxylation sites is 1. The summed E-state index contributed by atoms with van der Waals surface area (Å²) < 4.78 is 5.71. The molecule has 1 aromatic heterocycles. The van der Waals surface area contributed by atoms with Gasteiger partial charge in [0.15, 0.2) is 0 Å². The van der Waals surface area contributed by atoms with Crippen LogP contribution in [0.3, 0.4) is 0 Å². The van der Waals surface area contributed by atoms with Crippen molar-refractivity contribution in [1.29, 1.82) is 0 Å². The summed E-state index contributed by atoms with van der Waals surface area (Å²) >= 11 is 1.61. The molecule has 1 heterocycles. The molecule has 0 aliphatic heterocycles. The SMILES string of the molecule is CCN(Cc1csc(COc2ccccc2)n1)CC(C)(C)O. The molecule has 0 saturated carbocycles. The van der Waals surface area contributed by atoms with Gasteiger partial charge in [0.1, 0.15) is 17.4 Å². The summed E-state index contributed by atoms with van der Waals surface area (Å²) in [5, 5.41) is 13.0. The molecular weight excluding hydrogens is 296 g/mol. The Bertz CT molecular complexity index is 564. The fourth-order valence-corrected chi connectivity index (χ4v) is 2.90. The van der Waals surface area contributed by atoms with Crippen molar-refractivity contribution in [3.63, 3.8) is 0 Å². The molecule has 4 nitrogen and oxygen atoms in total. The van der Waals surface area contributed by atoms with E-state index in [4.69, 9.17) is 4.74 Å². The molecule has 2 rings (SSSR count). The molecule has 2 aromatic rings. The lowest BCUT2D eigenvalue weighted by molar-refractivity contribution is 0.0350. The zero-order valence-corrected chi connectivity index (χ0v) is 14.3. The Labute approximate surface area is 136 Å². The van der Waals surface area contributed by atoms with Crippen LogP contribution in [0.25, 0.3) is 0 Å². The molecule has 5 heteroatoms. The first-order chi connectivity index (χ1) is 10.5. The zero-order chi connectivity index (χ0) is 16.0. The van der Waals surface area contributed by atoms with Crippen LogP contribution >= 0.6 is 11.3 Å². The maximum Gasteiger partial charge on any atom is 0.140 e. The summed E-state index contributed by atoms with van der Waals surface area (Å²) in [5.74, 6) is 0.858. The Balaban J connectivity index is 1.88. The van der Waals surface area contributed by atoms with Gasteiger partial charge in [0.25, 0.3) is 0 Å². The molecule has 0 bridgehead atoms. The normalized spacial score (nSPS) is 11.9. The highest BCUT2D eigenvalue weighted by atomic mass is 32.1. The average Bonchev–Trinajstić information content (AvgIpc) is 2.91. The number of benzene rings is 1. The lowest BCUT2D eigenvalue weighted by atomic mass is 10.1. The van der Waals surface area contributed by atoms with Gasteiger partial charge in [0, 0.05) is 18.5 Å². The minimum atomic E-state index is -0.689. The van der Waals surface area contributed by atoms with Crippen LogP contribution in [0.15, 0.2) is 35.7 Å². The number of hydrogen-bond donors (Lipinski definition) is 1. The number of aromatic nitrogens is 1. The second-order valence-corrected chi connectivity index (χ2v) is 6.89. The van der Waals surface area contributed by atoms with E-state index >= 15 is 0 Å². The number of ether oxygens (including phenoxy) is 1. The van der Waals surface area contributed by atoms with Gasteiger partial charge in [-0.1, -0.05) is 25.1 Å². The van der Waals surface area contributed by atoms with E-state index in [1.54, 1.807) is 11.3 Å². The molecule has 0 spiro atoms. The summed E-state index contributed by atoms with van der Waals surface area (Å²) in [6.07, 6.45) is 0. The molecule has 0 radical (unpaired) electrons. The van der Waals surface area contributed by atoms with Crippen molar-refractivity contribution in [2.24, 2.45) is 0 Å². The first-order valence-electron chi connectivity index (χ1n) is 7.52. The predicted molar refractivity (Wildman–Crippen MR) is 90.1 cm³/mol. The molecule has 0 aliphatic rings. The van der Waals surface area contributed by atoms with Gasteiger partial charge < -0.3 is 9.84 Å². The first kappa shape index (κ1) is 16.9. The highest BCUT2D eigenvalue weighted by molar-refractivity contribution is 7.09. The van der Waals surface area contributed by atoms with E-state index in [1.165, 1.54) is 0 Å². The van der Waals surface area contributed by atoms with Crippen LogP contribution in [0.5, 0.6) is 5.75 Å². The third-order valence-corrected chi connectivity index (χ3v) is 4.02. The Morgan fingerprint density at radius 1 is 1.27 bits per heavy atom. The van der Waals surface area contributed by atoms with E-state index in [0.29, 0.717) is 13.2 Å². The van der Waals surface area contributed by atoms with Crippen LogP contribution in [0.4, 0.5) is 0 Å². The van der Waals surface area contributed by atoms with Gasteiger partial charge in [0.05, 0.1) is 11.3 Å². The van der Waals surface area contributed by atoms with E-state index in [0.717, 1.165) is 29.5 Å². The van der Waals surface area contributed by atoms with Crippen molar-refractivity contribution in [3.05, 3.63) is 46.4 Å². The summed E-state index contributed by atoms with van der Waals surface area (Å²) in [6, 6.07) is 9.76. The molecule has 0 saturated heterocycles. The lowest BCUT2D eigenvalue weighted by Crippen LogP contribution is -2.38. The standard InChI is InChI=1S/C17H24N2O2S/c1-4-19(13-17(2,3)20)10-14-12-22-16(18-14)11-21-15-8-6-5-7-9-15/h5-9,12,20H,4,10-11,13H2,1-3H3. The number of rotatable bonds is 8. The summed E-state index contributed by atoms with van der Waals surface area (Å²) in [6.45, 7) is 8.52. The van der Waals surface area contributed by atoms with Crippen LogP contribution in [0.2, 0.25) is 0 Å². The Kier molecular flexibility index (Phi) is 5.94. The topological polar surface area (TPSA) is 45.6 Å². The van der Waals surface area contributed by atoms with Gasteiger partial charge in [-0.3, -0.25) is 4.90 Å². The highest BCUT2D eigenvalue weighted by Gasteiger charge is 2.18. The Hall–Kier alpha value is -1.43. The quantitative estimate of drug-likeness (QED) is 0.810. The molecule has 1 aromatic carbocycles. The number of hydrogen-bond acceptors (Lipinski definition) is 5. The van der Waals surface area contributed by atoms with Crippen molar-refractivity contribution in [2.45, 2.75) is 39.5 Å². The fraction of sp³-hybridized carbons (Fsp3) is 0.471. The lowest BCUT2D eigenvalue weighted by Gasteiger charge is -2.27. The average molecular weight is 320 g/mol. The molecule has 22 heavy (non-hydrogen) atoms. The van der Waals surface area contributed by atoms with Gasteiger partial charge in [-0.15, -0.1) is 11.3 Å². The molecule has 120 valence electrons. The second kappa shape index (κ2) is 7.72. The largest absolute Gasteiger partial charge is 0.486 e. The number of thiazole rings is 1. The van der Waals surface area contributed by atoms with Gasteiger partial charge in [-0.2, -0.15) is 0 Å². The zero-order valence-electron chi connectivity index (χ0n) is 13.5. The predicted octanol–water partition coefficient (Wildman–Crippen LogP) is 3.31. The van der Waals surface area contributed by atoms with Crippen LogP contribution in [-0.2, 0) is 13.2 Å². The van der Waals surface area contributed by atoms with E-state index in [2.05, 4.69) is 22.2 Å². The van der Waals surface area contributed by atoms with Crippen molar-refractivity contribution in [2.75, 3.05) is 13.1 Å². The molecule has 1 N–H and O–H groups in total. The summed E-state index contributed by atoms with van der Waals surface area (Å²) in [7, 11) is 0. The number of likely N-dealkylation sites (N-methyl/N-ethyl adjacent to an activating group) is 1. The van der Waals surface area contributed by atoms with Crippen LogP contribution in [0.1, 0.15) is 31.5 Å². The van der Waals surface area contributed by atoms with Gasteiger partial charge in [-0.05, 0) is 32.5 Å². The van der Waals surface area contributed by atoms with Gasteiger partial charge in [-0.25, -0.2) is 4.98 Å². The molecule has 0 unspecified atom stereocenters. The first-order valence-corrected chi connectivity index (χ1v) is 8.40. The highest BCUT2D eigenvalue weighted by Crippen LogP contribution is 2.16. The minimum absolute atomic E-state index is 0.492. The van der Waals surface area contributed by atoms with Crippen molar-refractivity contribution in [3.8, 4) is 5.75 Å². The minimum Gasteiger partial charge on any atom is -0.486 e. The van der Waals surface area contributed by atoms with Gasteiger partial charge >= 0.3 is 0 Å². The van der Waals surface area contributed by atoms with Crippen molar-refractivity contribution < 1.29 is 9.84 Å². The monoisotopic (exact) mass is 320 g/mol. The number of nitrogens with zero attached hydrogens (tertiary/aromatic N) is 2. The molecule has 0 amide bonds. The van der Waals surface area contributed by atoms with E-state index in [-0.39, 0.29) is 0 Å². The van der Waals surface area contributed by atoms with Gasteiger partial charge in [0.2, 0.25) is 0 Å². The van der Waals surface area contributed by atoms with Crippen LogP contribution in [-0.4, -0.2) is 33.7 Å². The van der Waals surface area contributed by atoms with Crippen molar-refractivity contribution >= 4 is 11.3 Å². The third kappa shape index (κ3) is 5.75. The Morgan fingerprint density at radius 3 is 2.64 bits per heavy atom. The summed E-state index contributed by atoms with van der Waals surface area (Å²) in [4.78, 5) is 6.80. The van der Waals surface area contributed by atoms with E-state index in [1.807, 2.05) is 44.2 Å². The van der Waals surface area contributed by atoms with E-state index in [9.17, 15) is 5.11 Å². The maximum atomic E-state index is 9.93. The molecule has 0 aliphatic carbocycles.